The lowest BCUT2D eigenvalue weighted by Crippen LogP contribution is -2.38. The second-order valence-electron chi connectivity index (χ2n) is 1.63. The van der Waals surface area contributed by atoms with Crippen molar-refractivity contribution in [3.8, 4) is 0 Å². The van der Waals surface area contributed by atoms with Crippen molar-refractivity contribution in [1.82, 2.24) is 0 Å². The van der Waals surface area contributed by atoms with Gasteiger partial charge < -0.3 is 20.4 Å². The van der Waals surface area contributed by atoms with Crippen molar-refractivity contribution in [2.75, 3.05) is 5.88 Å². The maximum atomic E-state index is 8.59. The Morgan fingerprint density at radius 1 is 1.11 bits per heavy atom. The molecule has 2 atom stereocenters. The monoisotopic (exact) mass is 156 g/mol. The average molecular weight is 157 g/mol. The summed E-state index contributed by atoms with van der Waals surface area (Å²) in [6, 6.07) is 0. The van der Waals surface area contributed by atoms with Gasteiger partial charge in [-0.2, -0.15) is 0 Å². The van der Waals surface area contributed by atoms with Crippen molar-refractivity contribution in [3.05, 3.63) is 0 Å². The average Bonchev–Trinajstić information content (AvgIpc) is 1.84. The third-order valence-electron chi connectivity index (χ3n) is 0.858. The summed E-state index contributed by atoms with van der Waals surface area (Å²) in [5, 5.41) is 33.6. The molecule has 0 aliphatic rings. The summed E-state index contributed by atoms with van der Waals surface area (Å²) in [5.41, 5.74) is 0. The molecule has 56 valence electrons. The lowest BCUT2D eigenvalue weighted by molar-refractivity contribution is -0.153. The molecule has 0 heterocycles. The van der Waals surface area contributed by atoms with Crippen molar-refractivity contribution in [1.29, 1.82) is 0 Å². The minimum atomic E-state index is -1.93. The van der Waals surface area contributed by atoms with Crippen molar-refractivity contribution in [3.63, 3.8) is 0 Å². The number of rotatable bonds is 3. The second kappa shape index (κ2) is 4.03. The van der Waals surface area contributed by atoms with E-state index in [-0.39, 0.29) is 5.88 Å². The Morgan fingerprint density at radius 3 is 1.67 bits per heavy atom. The van der Waals surface area contributed by atoms with Gasteiger partial charge >= 0.3 is 0 Å². The Balaban J connectivity index is 3.58. The SMILES string of the molecule is OC(O)C(O)C(O)CCl. The number of alkyl halides is 1. The first-order chi connectivity index (χ1) is 4.09. The highest BCUT2D eigenvalue weighted by molar-refractivity contribution is 6.18. The van der Waals surface area contributed by atoms with Gasteiger partial charge in [-0.3, -0.25) is 0 Å². The number of hydrogen-bond donors (Lipinski definition) is 4. The van der Waals surface area contributed by atoms with E-state index in [4.69, 9.17) is 32.0 Å². The van der Waals surface area contributed by atoms with Crippen LogP contribution in [0.4, 0.5) is 0 Å². The van der Waals surface area contributed by atoms with Crippen LogP contribution in [0.15, 0.2) is 0 Å². The van der Waals surface area contributed by atoms with Crippen LogP contribution in [0.2, 0.25) is 0 Å². The van der Waals surface area contributed by atoms with Crippen LogP contribution in [-0.2, 0) is 0 Å². The molecule has 2 unspecified atom stereocenters. The van der Waals surface area contributed by atoms with Crippen LogP contribution in [0, 0.1) is 0 Å². The van der Waals surface area contributed by atoms with Gasteiger partial charge in [0.1, 0.15) is 6.10 Å². The third-order valence-corrected chi connectivity index (χ3v) is 1.17. The van der Waals surface area contributed by atoms with Crippen LogP contribution in [-0.4, -0.2) is 44.8 Å². The molecule has 0 radical (unpaired) electrons. The topological polar surface area (TPSA) is 80.9 Å². The molecule has 9 heavy (non-hydrogen) atoms. The molecule has 0 saturated carbocycles. The molecule has 0 aliphatic carbocycles. The van der Waals surface area contributed by atoms with Gasteiger partial charge in [-0.1, -0.05) is 0 Å². The lowest BCUT2D eigenvalue weighted by Gasteiger charge is -2.16. The molecular formula is C4H9ClO4. The molecule has 0 aliphatic heterocycles. The summed E-state index contributed by atoms with van der Waals surface area (Å²) in [6.07, 6.45) is -4.80. The summed E-state index contributed by atoms with van der Waals surface area (Å²) < 4.78 is 0. The number of halogens is 1. The van der Waals surface area contributed by atoms with Crippen LogP contribution in [0.5, 0.6) is 0 Å². The smallest absolute Gasteiger partial charge is 0.180 e. The van der Waals surface area contributed by atoms with E-state index in [1.54, 1.807) is 0 Å². The summed E-state index contributed by atoms with van der Waals surface area (Å²) in [7, 11) is 0. The van der Waals surface area contributed by atoms with Crippen molar-refractivity contribution < 1.29 is 20.4 Å². The number of aliphatic hydroxyl groups excluding tert-OH is 3. The van der Waals surface area contributed by atoms with Crippen LogP contribution in [0.3, 0.4) is 0 Å². The standard InChI is InChI=1S/C4H9ClO4/c5-1-2(6)3(7)4(8)9/h2-4,6-9H,1H2. The van der Waals surface area contributed by atoms with Gasteiger partial charge in [0.2, 0.25) is 0 Å². The van der Waals surface area contributed by atoms with Crippen molar-refractivity contribution in [2.45, 2.75) is 18.5 Å². The van der Waals surface area contributed by atoms with Gasteiger partial charge in [0, 0.05) is 0 Å². The van der Waals surface area contributed by atoms with Crippen LogP contribution in [0.1, 0.15) is 0 Å². The fourth-order valence-electron chi connectivity index (χ4n) is 0.290. The van der Waals surface area contributed by atoms with E-state index in [1.165, 1.54) is 0 Å². The zero-order chi connectivity index (χ0) is 7.44. The van der Waals surface area contributed by atoms with Crippen LogP contribution < -0.4 is 0 Å². The molecule has 0 saturated heterocycles. The number of aliphatic hydroxyl groups is 4. The summed E-state index contributed by atoms with van der Waals surface area (Å²) in [4.78, 5) is 0. The largest absolute Gasteiger partial charge is 0.389 e. The van der Waals surface area contributed by atoms with Gasteiger partial charge in [0.15, 0.2) is 6.29 Å². The molecule has 0 fully saturated rings. The van der Waals surface area contributed by atoms with E-state index < -0.39 is 18.5 Å². The van der Waals surface area contributed by atoms with E-state index >= 15 is 0 Å². The molecule has 4 N–H and O–H groups in total. The first-order valence-corrected chi connectivity index (χ1v) is 2.91. The summed E-state index contributed by atoms with van der Waals surface area (Å²) in [6.45, 7) is 0. The maximum absolute atomic E-state index is 8.59. The van der Waals surface area contributed by atoms with E-state index in [0.29, 0.717) is 0 Å². The molecule has 0 aromatic rings. The number of hydrogen-bond acceptors (Lipinski definition) is 4. The summed E-state index contributed by atoms with van der Waals surface area (Å²) >= 11 is 5.06. The Bertz CT molecular complexity index is 77.0. The molecular weight excluding hydrogens is 147 g/mol. The van der Waals surface area contributed by atoms with E-state index in [0.717, 1.165) is 0 Å². The fourth-order valence-corrected chi connectivity index (χ4v) is 0.473. The van der Waals surface area contributed by atoms with Crippen molar-refractivity contribution >= 4 is 11.6 Å². The first-order valence-electron chi connectivity index (χ1n) is 2.37. The van der Waals surface area contributed by atoms with E-state index in [1.807, 2.05) is 0 Å². The molecule has 0 aromatic heterocycles. The maximum Gasteiger partial charge on any atom is 0.180 e. The molecule has 0 aromatic carbocycles. The quantitative estimate of drug-likeness (QED) is 0.289. The normalized spacial score (nSPS) is 18.0. The summed E-state index contributed by atoms with van der Waals surface area (Å²) in [5.74, 6) is -0.223. The van der Waals surface area contributed by atoms with Crippen LogP contribution in [0.25, 0.3) is 0 Å². The van der Waals surface area contributed by atoms with E-state index in [2.05, 4.69) is 0 Å². The Labute approximate surface area is 57.3 Å². The fraction of sp³-hybridized carbons (Fsp3) is 1.00. The minimum Gasteiger partial charge on any atom is -0.389 e. The first kappa shape index (κ1) is 9.13. The minimum absolute atomic E-state index is 0.223. The van der Waals surface area contributed by atoms with Gasteiger partial charge in [-0.15, -0.1) is 11.6 Å². The van der Waals surface area contributed by atoms with Gasteiger partial charge in [-0.05, 0) is 0 Å². The Morgan fingerprint density at radius 2 is 1.56 bits per heavy atom. The lowest BCUT2D eigenvalue weighted by atomic mass is 10.2. The second-order valence-corrected chi connectivity index (χ2v) is 1.93. The van der Waals surface area contributed by atoms with Gasteiger partial charge in [0.25, 0.3) is 0 Å². The molecule has 5 heteroatoms. The van der Waals surface area contributed by atoms with Crippen LogP contribution >= 0.6 is 11.6 Å². The van der Waals surface area contributed by atoms with E-state index in [9.17, 15) is 0 Å². The Kier molecular flexibility index (Phi) is 4.09. The molecule has 0 amide bonds. The van der Waals surface area contributed by atoms with Gasteiger partial charge in [0.05, 0.1) is 12.0 Å². The van der Waals surface area contributed by atoms with Crippen molar-refractivity contribution in [2.24, 2.45) is 0 Å². The zero-order valence-electron chi connectivity index (χ0n) is 4.61. The molecule has 0 rings (SSSR count). The molecule has 0 spiro atoms. The predicted molar refractivity (Wildman–Crippen MR) is 31.0 cm³/mol. The highest BCUT2D eigenvalue weighted by atomic mass is 35.5. The highest BCUT2D eigenvalue weighted by Gasteiger charge is 2.21. The Hall–Kier alpha value is 0.130. The molecule has 4 nitrogen and oxygen atoms in total. The molecule has 0 bridgehead atoms. The third kappa shape index (κ3) is 2.98. The zero-order valence-corrected chi connectivity index (χ0v) is 5.36. The predicted octanol–water partition coefficient (Wildman–Crippen LogP) is -1.74. The highest BCUT2D eigenvalue weighted by Crippen LogP contribution is 1.98. The van der Waals surface area contributed by atoms with Gasteiger partial charge in [-0.25, -0.2) is 0 Å².